The molecular formula is C27H30N2O3. The number of likely N-dealkylation sites (tertiary alicyclic amines) is 1. The average molecular weight is 431 g/mol. The lowest BCUT2D eigenvalue weighted by Crippen LogP contribution is -2.42. The Bertz CT molecular complexity index is 1020. The largest absolute Gasteiger partial charge is 0.497 e. The van der Waals surface area contributed by atoms with Crippen LogP contribution in [-0.4, -0.2) is 31.6 Å². The van der Waals surface area contributed by atoms with Crippen molar-refractivity contribution >= 4 is 11.6 Å². The minimum atomic E-state index is -0.0921. The van der Waals surface area contributed by atoms with Gasteiger partial charge in [0, 0.05) is 25.2 Å². The van der Waals surface area contributed by atoms with Crippen molar-refractivity contribution in [2.24, 2.45) is 5.92 Å². The molecule has 32 heavy (non-hydrogen) atoms. The van der Waals surface area contributed by atoms with Crippen LogP contribution in [0.1, 0.15) is 30.0 Å². The molecule has 1 aliphatic rings. The van der Waals surface area contributed by atoms with E-state index in [1.54, 1.807) is 20.3 Å². The zero-order valence-electron chi connectivity index (χ0n) is 18.7. The Morgan fingerprint density at radius 2 is 1.66 bits per heavy atom. The van der Waals surface area contributed by atoms with Crippen molar-refractivity contribution in [2.75, 3.05) is 26.1 Å². The van der Waals surface area contributed by atoms with Crippen LogP contribution in [0.3, 0.4) is 0 Å². The smallest absolute Gasteiger partial charge is 0.228 e. The van der Waals surface area contributed by atoms with Gasteiger partial charge in [-0.2, -0.15) is 0 Å². The number of benzene rings is 3. The Hall–Kier alpha value is -3.31. The number of methoxy groups -OCH3 is 2. The number of hydrogen-bond donors (Lipinski definition) is 1. The van der Waals surface area contributed by atoms with Crippen LogP contribution in [0.5, 0.6) is 11.5 Å². The highest BCUT2D eigenvalue weighted by Gasteiger charge is 2.33. The van der Waals surface area contributed by atoms with Crippen LogP contribution in [0.15, 0.2) is 78.9 Å². The Labute approximate surface area is 190 Å². The first-order chi connectivity index (χ1) is 15.7. The van der Waals surface area contributed by atoms with Crippen molar-refractivity contribution in [3.8, 4) is 11.5 Å². The van der Waals surface area contributed by atoms with Gasteiger partial charge in [0.25, 0.3) is 0 Å². The molecule has 2 atom stereocenters. The molecule has 1 N–H and O–H groups in total. The highest BCUT2D eigenvalue weighted by atomic mass is 16.5. The number of carbonyl (C=O) groups is 1. The second-order valence-electron chi connectivity index (χ2n) is 8.17. The van der Waals surface area contributed by atoms with E-state index in [1.165, 1.54) is 11.1 Å². The number of carbonyl (C=O) groups excluding carboxylic acids is 1. The molecule has 1 amide bonds. The zero-order valence-corrected chi connectivity index (χ0v) is 18.7. The number of rotatable bonds is 7. The van der Waals surface area contributed by atoms with Crippen LogP contribution in [-0.2, 0) is 11.3 Å². The van der Waals surface area contributed by atoms with Gasteiger partial charge in [0.1, 0.15) is 11.5 Å². The third-order valence-electron chi connectivity index (χ3n) is 6.13. The summed E-state index contributed by atoms with van der Waals surface area (Å²) >= 11 is 0. The molecule has 0 saturated carbocycles. The maximum absolute atomic E-state index is 13.2. The van der Waals surface area contributed by atoms with Gasteiger partial charge in [-0.3, -0.25) is 9.69 Å². The van der Waals surface area contributed by atoms with Crippen LogP contribution in [0.25, 0.3) is 0 Å². The van der Waals surface area contributed by atoms with Crippen molar-refractivity contribution in [2.45, 2.75) is 25.4 Å². The van der Waals surface area contributed by atoms with Crippen LogP contribution in [0, 0.1) is 5.92 Å². The lowest BCUT2D eigenvalue weighted by Gasteiger charge is -2.39. The van der Waals surface area contributed by atoms with Crippen LogP contribution >= 0.6 is 0 Å². The normalized spacial score (nSPS) is 18.7. The van der Waals surface area contributed by atoms with E-state index < -0.39 is 0 Å². The fourth-order valence-electron chi connectivity index (χ4n) is 4.44. The topological polar surface area (TPSA) is 50.8 Å². The number of nitrogens with one attached hydrogen (secondary N) is 1. The third kappa shape index (κ3) is 5.11. The number of nitrogens with zero attached hydrogens (tertiary/aromatic N) is 1. The van der Waals surface area contributed by atoms with E-state index in [-0.39, 0.29) is 11.8 Å². The van der Waals surface area contributed by atoms with E-state index in [9.17, 15) is 4.79 Å². The van der Waals surface area contributed by atoms with E-state index in [1.807, 2.05) is 24.3 Å². The van der Waals surface area contributed by atoms with Crippen molar-refractivity contribution in [1.29, 1.82) is 0 Å². The third-order valence-corrected chi connectivity index (χ3v) is 6.13. The number of amides is 1. The Morgan fingerprint density at radius 1 is 0.938 bits per heavy atom. The van der Waals surface area contributed by atoms with Crippen molar-refractivity contribution < 1.29 is 14.3 Å². The summed E-state index contributed by atoms with van der Waals surface area (Å²) in [4.78, 5) is 15.6. The molecule has 1 saturated heterocycles. The predicted octanol–water partition coefficient (Wildman–Crippen LogP) is 5.30. The molecule has 166 valence electrons. The van der Waals surface area contributed by atoms with Crippen molar-refractivity contribution in [3.05, 3.63) is 90.0 Å². The number of hydrogen-bond acceptors (Lipinski definition) is 4. The first-order valence-corrected chi connectivity index (χ1v) is 11.0. The second-order valence-corrected chi connectivity index (χ2v) is 8.17. The first kappa shape index (κ1) is 21.9. The number of anilines is 1. The molecule has 0 spiro atoms. The maximum Gasteiger partial charge on any atom is 0.228 e. The molecule has 3 aromatic carbocycles. The summed E-state index contributed by atoms with van der Waals surface area (Å²) in [6.07, 6.45) is 1.78. The fourth-order valence-corrected chi connectivity index (χ4v) is 4.44. The molecular weight excluding hydrogens is 400 g/mol. The molecule has 0 bridgehead atoms. The summed E-state index contributed by atoms with van der Waals surface area (Å²) in [5.74, 6) is 1.22. The van der Waals surface area contributed by atoms with Gasteiger partial charge < -0.3 is 14.8 Å². The summed E-state index contributed by atoms with van der Waals surface area (Å²) < 4.78 is 10.7. The highest BCUT2D eigenvalue weighted by Crippen LogP contribution is 2.36. The summed E-state index contributed by atoms with van der Waals surface area (Å²) in [6.45, 7) is 1.52. The van der Waals surface area contributed by atoms with E-state index in [4.69, 9.17) is 9.47 Å². The predicted molar refractivity (Wildman–Crippen MR) is 127 cm³/mol. The maximum atomic E-state index is 13.2. The Balaban J connectivity index is 1.51. The Kier molecular flexibility index (Phi) is 7.07. The second kappa shape index (κ2) is 10.3. The molecule has 1 heterocycles. The summed E-state index contributed by atoms with van der Waals surface area (Å²) in [5, 5.41) is 3.08. The summed E-state index contributed by atoms with van der Waals surface area (Å²) in [5.41, 5.74) is 3.23. The molecule has 0 aromatic heterocycles. The van der Waals surface area contributed by atoms with Gasteiger partial charge in [-0.1, -0.05) is 60.7 Å². The van der Waals surface area contributed by atoms with Gasteiger partial charge in [0.05, 0.1) is 25.8 Å². The van der Waals surface area contributed by atoms with Crippen LogP contribution in [0.4, 0.5) is 5.69 Å². The van der Waals surface area contributed by atoms with Gasteiger partial charge >= 0.3 is 0 Å². The highest BCUT2D eigenvalue weighted by molar-refractivity contribution is 5.94. The monoisotopic (exact) mass is 430 g/mol. The molecule has 4 rings (SSSR count). The molecule has 5 nitrogen and oxygen atoms in total. The van der Waals surface area contributed by atoms with Crippen LogP contribution < -0.4 is 14.8 Å². The molecule has 1 aliphatic heterocycles. The van der Waals surface area contributed by atoms with E-state index >= 15 is 0 Å². The van der Waals surface area contributed by atoms with Gasteiger partial charge in [-0.05, 0) is 36.1 Å². The lowest BCUT2D eigenvalue weighted by atomic mass is 9.88. The number of ether oxygens (including phenoxy) is 2. The van der Waals surface area contributed by atoms with Crippen molar-refractivity contribution in [3.63, 3.8) is 0 Å². The van der Waals surface area contributed by atoms with Crippen molar-refractivity contribution in [1.82, 2.24) is 4.90 Å². The molecule has 3 aromatic rings. The molecule has 0 radical (unpaired) electrons. The number of piperidine rings is 1. The minimum Gasteiger partial charge on any atom is -0.497 e. The lowest BCUT2D eigenvalue weighted by molar-refractivity contribution is -0.122. The van der Waals surface area contributed by atoms with Gasteiger partial charge in [0.2, 0.25) is 5.91 Å². The quantitative estimate of drug-likeness (QED) is 0.553. The SMILES string of the molecule is COc1ccc(NC(=O)C2CCC(c3ccccc3)N(Cc3ccccc3)C2)c(OC)c1. The Morgan fingerprint density at radius 3 is 2.34 bits per heavy atom. The average Bonchev–Trinajstić information content (AvgIpc) is 2.85. The van der Waals surface area contributed by atoms with Gasteiger partial charge in [-0.15, -0.1) is 0 Å². The molecule has 0 aliphatic carbocycles. The fraction of sp³-hybridized carbons (Fsp3) is 0.296. The molecule has 1 fully saturated rings. The van der Waals surface area contributed by atoms with Gasteiger partial charge in [0.15, 0.2) is 0 Å². The van der Waals surface area contributed by atoms with E-state index in [0.29, 0.717) is 29.8 Å². The van der Waals surface area contributed by atoms with E-state index in [2.05, 4.69) is 58.7 Å². The summed E-state index contributed by atoms with van der Waals surface area (Å²) in [7, 11) is 3.20. The standard InChI is InChI=1S/C27H30N2O3/c1-31-23-14-15-24(26(17-23)32-2)28-27(30)22-13-16-25(21-11-7-4-8-12-21)29(19-22)18-20-9-5-3-6-10-20/h3-12,14-15,17,22,25H,13,16,18-19H2,1-2H3,(H,28,30). The molecule has 2 unspecified atom stereocenters. The minimum absolute atomic E-state index is 0.0260. The van der Waals surface area contributed by atoms with Crippen LogP contribution in [0.2, 0.25) is 0 Å². The first-order valence-electron chi connectivity index (χ1n) is 11.0. The van der Waals surface area contributed by atoms with E-state index in [0.717, 1.165) is 19.4 Å². The van der Waals surface area contributed by atoms with Gasteiger partial charge in [-0.25, -0.2) is 0 Å². The molecule has 5 heteroatoms. The summed E-state index contributed by atoms with van der Waals surface area (Å²) in [6, 6.07) is 26.8. The zero-order chi connectivity index (χ0) is 22.3.